The number of allylic oxidation sites excluding steroid dienone is 2. The van der Waals surface area contributed by atoms with Crippen LogP contribution in [0.1, 0.15) is 102 Å². The van der Waals surface area contributed by atoms with Gasteiger partial charge in [0.05, 0.1) is 12.0 Å². The van der Waals surface area contributed by atoms with Crippen molar-refractivity contribution < 1.29 is 4.79 Å². The van der Waals surface area contributed by atoms with Crippen molar-refractivity contribution in [1.82, 2.24) is 25.4 Å². The van der Waals surface area contributed by atoms with Crippen molar-refractivity contribution in [2.24, 2.45) is 17.8 Å². The third-order valence-electron chi connectivity index (χ3n) is 8.62. The van der Waals surface area contributed by atoms with Gasteiger partial charge in [-0.15, -0.1) is 10.2 Å². The molecule has 2 heterocycles. The summed E-state index contributed by atoms with van der Waals surface area (Å²) in [6, 6.07) is 0.643. The molecule has 180 valence electrons. The van der Waals surface area contributed by atoms with Crippen molar-refractivity contribution in [3.8, 4) is 0 Å². The lowest BCUT2D eigenvalue weighted by molar-refractivity contribution is -0.125. The van der Waals surface area contributed by atoms with Crippen molar-refractivity contribution >= 4 is 5.91 Å². The Morgan fingerprint density at radius 2 is 1.79 bits per heavy atom. The predicted octanol–water partition coefficient (Wildman–Crippen LogP) is 4.63. The lowest BCUT2D eigenvalue weighted by Crippen LogP contribution is -2.42. The molecular weight excluding hydrogens is 410 g/mol. The first-order valence-electron chi connectivity index (χ1n) is 13.2. The van der Waals surface area contributed by atoms with Crippen LogP contribution in [0.2, 0.25) is 0 Å². The first-order valence-corrected chi connectivity index (χ1v) is 13.2. The molecule has 0 spiro atoms. The Morgan fingerprint density at radius 3 is 2.45 bits per heavy atom. The van der Waals surface area contributed by atoms with Crippen molar-refractivity contribution in [3.63, 3.8) is 0 Å². The average Bonchev–Trinajstić information content (AvgIpc) is 3.34. The standard InChI is InChI=1S/C27H41N5O/c1-16(2)19-6-8-20(9-7-19)25-30-31-26(32(25)21-10-11-21)22-14-28-15-23(22)27(33)29-24-12-5-17(3)13-18(24)4/h5,13,16,19-24,28H,6-12,14-15H2,1-4H3,(H,29,33)/t19?,20?,22-,23-,24?/m0/s1. The highest BCUT2D eigenvalue weighted by Gasteiger charge is 2.42. The van der Waals surface area contributed by atoms with E-state index in [1.54, 1.807) is 0 Å². The van der Waals surface area contributed by atoms with Crippen molar-refractivity contribution in [3.05, 3.63) is 34.9 Å². The lowest BCUT2D eigenvalue weighted by atomic mass is 9.76. The Labute approximate surface area is 198 Å². The fourth-order valence-electron chi connectivity index (χ4n) is 6.28. The summed E-state index contributed by atoms with van der Waals surface area (Å²) < 4.78 is 2.47. The number of aromatic nitrogens is 3. The summed E-state index contributed by atoms with van der Waals surface area (Å²) in [5.41, 5.74) is 2.53. The Morgan fingerprint density at radius 1 is 1.06 bits per heavy atom. The molecule has 1 amide bonds. The van der Waals surface area contributed by atoms with Crippen LogP contribution in [0.25, 0.3) is 0 Å². The van der Waals surface area contributed by atoms with Gasteiger partial charge in [0.1, 0.15) is 11.6 Å². The van der Waals surface area contributed by atoms with Crippen LogP contribution in [0.3, 0.4) is 0 Å². The summed E-state index contributed by atoms with van der Waals surface area (Å²) in [6.07, 6.45) is 12.8. The monoisotopic (exact) mass is 451 g/mol. The SMILES string of the molecule is CC1=CCC(NC(=O)[C@H]2CNC[C@@H]2c2nnc(C3CCC(C(C)C)CC3)n2C2CC2)C(C)=C1. The van der Waals surface area contributed by atoms with Crippen LogP contribution in [0.5, 0.6) is 0 Å². The molecule has 1 aliphatic heterocycles. The Bertz CT molecular complexity index is 932. The highest BCUT2D eigenvalue weighted by atomic mass is 16.2. The quantitative estimate of drug-likeness (QED) is 0.662. The average molecular weight is 452 g/mol. The van der Waals surface area contributed by atoms with Gasteiger partial charge in [0.15, 0.2) is 0 Å². The molecule has 3 fully saturated rings. The maximum Gasteiger partial charge on any atom is 0.225 e. The van der Waals surface area contributed by atoms with Gasteiger partial charge < -0.3 is 15.2 Å². The van der Waals surface area contributed by atoms with Crippen molar-refractivity contribution in [2.45, 2.75) is 96.6 Å². The summed E-state index contributed by atoms with van der Waals surface area (Å²) in [6.45, 7) is 10.5. The second-order valence-electron chi connectivity index (χ2n) is 11.4. The van der Waals surface area contributed by atoms with Gasteiger partial charge >= 0.3 is 0 Å². The fraction of sp³-hybridized carbons (Fsp3) is 0.741. The van der Waals surface area contributed by atoms with E-state index < -0.39 is 0 Å². The van der Waals surface area contributed by atoms with E-state index in [9.17, 15) is 4.79 Å². The van der Waals surface area contributed by atoms with E-state index in [4.69, 9.17) is 10.2 Å². The van der Waals surface area contributed by atoms with Gasteiger partial charge in [-0.1, -0.05) is 37.1 Å². The van der Waals surface area contributed by atoms with Crippen LogP contribution in [0, 0.1) is 17.8 Å². The molecule has 3 aliphatic carbocycles. The van der Waals surface area contributed by atoms with Gasteiger partial charge in [0.2, 0.25) is 5.91 Å². The molecule has 5 rings (SSSR count). The minimum Gasteiger partial charge on any atom is -0.349 e. The second-order valence-corrected chi connectivity index (χ2v) is 11.4. The molecule has 2 N–H and O–H groups in total. The molecule has 33 heavy (non-hydrogen) atoms. The molecule has 0 bridgehead atoms. The second kappa shape index (κ2) is 9.36. The van der Waals surface area contributed by atoms with Gasteiger partial charge in [0, 0.05) is 31.0 Å². The van der Waals surface area contributed by atoms with E-state index in [-0.39, 0.29) is 23.8 Å². The highest BCUT2D eigenvalue weighted by Crippen LogP contribution is 2.44. The molecule has 0 radical (unpaired) electrons. The molecule has 6 nitrogen and oxygen atoms in total. The van der Waals surface area contributed by atoms with Gasteiger partial charge in [-0.05, 0) is 70.6 Å². The summed E-state index contributed by atoms with van der Waals surface area (Å²) in [4.78, 5) is 13.4. The molecule has 0 aromatic carbocycles. The smallest absolute Gasteiger partial charge is 0.225 e. The number of carbonyl (C=O) groups excluding carboxylic acids is 1. The summed E-state index contributed by atoms with van der Waals surface area (Å²) in [5.74, 6) is 4.56. The number of amides is 1. The molecule has 6 heteroatoms. The number of carbonyl (C=O) groups is 1. The number of nitrogens with zero attached hydrogens (tertiary/aromatic N) is 3. The number of hydrogen-bond donors (Lipinski definition) is 2. The van der Waals surface area contributed by atoms with Crippen LogP contribution in [-0.2, 0) is 4.79 Å². The predicted molar refractivity (Wildman–Crippen MR) is 131 cm³/mol. The van der Waals surface area contributed by atoms with Crippen molar-refractivity contribution in [1.29, 1.82) is 0 Å². The highest BCUT2D eigenvalue weighted by molar-refractivity contribution is 5.81. The van der Waals surface area contributed by atoms with Crippen LogP contribution in [-0.4, -0.2) is 39.8 Å². The number of hydrogen-bond acceptors (Lipinski definition) is 4. The zero-order valence-electron chi connectivity index (χ0n) is 20.8. The molecule has 4 aliphatic rings. The van der Waals surface area contributed by atoms with E-state index in [1.165, 1.54) is 55.5 Å². The zero-order valence-corrected chi connectivity index (χ0v) is 20.8. The largest absolute Gasteiger partial charge is 0.349 e. The van der Waals surface area contributed by atoms with Gasteiger partial charge in [0.25, 0.3) is 0 Å². The zero-order chi connectivity index (χ0) is 23.1. The van der Waals surface area contributed by atoms with E-state index in [1.807, 2.05) is 0 Å². The van der Waals surface area contributed by atoms with E-state index in [2.05, 4.69) is 55.0 Å². The lowest BCUT2D eigenvalue weighted by Gasteiger charge is -2.31. The first kappa shape index (κ1) is 22.8. The number of nitrogens with one attached hydrogen (secondary N) is 2. The molecule has 3 atom stereocenters. The van der Waals surface area contributed by atoms with Crippen LogP contribution >= 0.6 is 0 Å². The van der Waals surface area contributed by atoms with Crippen LogP contribution in [0.4, 0.5) is 0 Å². The molecule has 1 aromatic heterocycles. The summed E-state index contributed by atoms with van der Waals surface area (Å²) in [5, 5.41) is 16.4. The van der Waals surface area contributed by atoms with Crippen LogP contribution < -0.4 is 10.6 Å². The van der Waals surface area contributed by atoms with Crippen LogP contribution in [0.15, 0.2) is 23.3 Å². The molecule has 1 saturated heterocycles. The molecule has 2 saturated carbocycles. The number of rotatable bonds is 6. The van der Waals surface area contributed by atoms with E-state index >= 15 is 0 Å². The minimum atomic E-state index is -0.0870. The van der Waals surface area contributed by atoms with Crippen molar-refractivity contribution in [2.75, 3.05) is 13.1 Å². The topological polar surface area (TPSA) is 71.8 Å². The van der Waals surface area contributed by atoms with Gasteiger partial charge in [-0.3, -0.25) is 4.79 Å². The Balaban J connectivity index is 1.32. The third kappa shape index (κ3) is 4.68. The summed E-state index contributed by atoms with van der Waals surface area (Å²) in [7, 11) is 0. The van der Waals surface area contributed by atoms with Gasteiger partial charge in [-0.25, -0.2) is 0 Å². The normalized spacial score (nSPS) is 32.6. The molecular formula is C27H41N5O. The molecule has 1 unspecified atom stereocenters. The maximum absolute atomic E-state index is 13.4. The van der Waals surface area contributed by atoms with E-state index in [0.717, 1.165) is 30.6 Å². The summed E-state index contributed by atoms with van der Waals surface area (Å²) >= 11 is 0. The van der Waals surface area contributed by atoms with Gasteiger partial charge in [-0.2, -0.15) is 0 Å². The Kier molecular flexibility index (Phi) is 6.47. The van der Waals surface area contributed by atoms with E-state index in [0.29, 0.717) is 18.5 Å². The maximum atomic E-state index is 13.4. The minimum absolute atomic E-state index is 0.0870. The third-order valence-corrected chi connectivity index (χ3v) is 8.62. The Hall–Kier alpha value is -1.95. The molecule has 1 aromatic rings. The first-order chi connectivity index (χ1) is 15.9. The fourth-order valence-corrected chi connectivity index (χ4v) is 6.28.